The molecule has 0 saturated carbocycles. The molecule has 0 bridgehead atoms. The summed E-state index contributed by atoms with van der Waals surface area (Å²) < 4.78 is 17.1. The number of terminal acetylenes is 1. The maximum absolute atomic E-state index is 13.1. The molecule has 1 amide bonds. The number of halogens is 1. The van der Waals surface area contributed by atoms with Gasteiger partial charge in [-0.3, -0.25) is 9.78 Å². The number of ether oxygens (including phenoxy) is 3. The molecule has 1 heterocycles. The van der Waals surface area contributed by atoms with Gasteiger partial charge < -0.3 is 19.5 Å². The van der Waals surface area contributed by atoms with E-state index in [1.165, 1.54) is 6.20 Å². The highest BCUT2D eigenvalue weighted by Gasteiger charge is 2.23. The summed E-state index contributed by atoms with van der Waals surface area (Å²) in [6.45, 7) is -0.0167. The molecule has 1 atom stereocenters. The van der Waals surface area contributed by atoms with Crippen molar-refractivity contribution >= 4 is 27.7 Å². The third-order valence-electron chi connectivity index (χ3n) is 4.34. The van der Waals surface area contributed by atoms with Crippen LogP contribution in [0.5, 0.6) is 11.5 Å². The highest BCUT2D eigenvalue weighted by Crippen LogP contribution is 2.34. The molecular weight excluding hydrogens is 462 g/mol. The van der Waals surface area contributed by atoms with Crippen LogP contribution in [0.3, 0.4) is 0 Å². The van der Waals surface area contributed by atoms with Crippen LogP contribution in [-0.4, -0.2) is 36.7 Å². The lowest BCUT2D eigenvalue weighted by Gasteiger charge is -2.18. The van der Waals surface area contributed by atoms with E-state index in [1.54, 1.807) is 44.7 Å². The van der Waals surface area contributed by atoms with Gasteiger partial charge in [0.1, 0.15) is 12.3 Å². The Hall–Kier alpha value is -3.41. The second-order valence-corrected chi connectivity index (χ2v) is 7.17. The van der Waals surface area contributed by atoms with Gasteiger partial charge in [0.25, 0.3) is 5.91 Å². The minimum Gasteiger partial charge on any atom is -0.493 e. The molecule has 0 saturated heterocycles. The van der Waals surface area contributed by atoms with Crippen molar-refractivity contribution in [1.29, 1.82) is 0 Å². The number of carbonyl (C=O) groups excluding carboxylic acids is 1. The molecule has 3 rings (SSSR count). The summed E-state index contributed by atoms with van der Waals surface area (Å²) in [5.41, 5.74) is 1.83. The van der Waals surface area contributed by atoms with Crippen LogP contribution in [0.4, 0.5) is 5.82 Å². The number of nitrogens with one attached hydrogen (secondary N) is 1. The monoisotopic (exact) mass is 481 g/mol. The Morgan fingerprint density at radius 1 is 1.10 bits per heavy atom. The standard InChI is InChI=1S/C23H20BrN3O4/c1-4-13-31-21(15-5-8-17(24)9-6-15)23(28)27-22-20(25-11-12-26-22)16-7-10-18(29-2)19(14-16)30-3/h1,5-12,14,21H,13H2,2-3H3,(H,26,27,28). The first-order valence-corrected chi connectivity index (χ1v) is 10.0. The van der Waals surface area contributed by atoms with Crippen LogP contribution in [0.25, 0.3) is 11.3 Å². The van der Waals surface area contributed by atoms with Gasteiger partial charge in [0.2, 0.25) is 0 Å². The fourth-order valence-corrected chi connectivity index (χ4v) is 3.16. The average molecular weight is 482 g/mol. The summed E-state index contributed by atoms with van der Waals surface area (Å²) in [5, 5.41) is 2.81. The lowest BCUT2D eigenvalue weighted by atomic mass is 10.1. The Morgan fingerprint density at radius 2 is 1.81 bits per heavy atom. The van der Waals surface area contributed by atoms with Crippen LogP contribution < -0.4 is 14.8 Å². The van der Waals surface area contributed by atoms with Crippen LogP contribution in [-0.2, 0) is 9.53 Å². The van der Waals surface area contributed by atoms with Crippen molar-refractivity contribution in [3.8, 4) is 35.1 Å². The minimum atomic E-state index is -0.913. The molecule has 31 heavy (non-hydrogen) atoms. The number of hydrogen-bond donors (Lipinski definition) is 1. The molecule has 0 fully saturated rings. The van der Waals surface area contributed by atoms with Crippen LogP contribution in [0.15, 0.2) is 59.3 Å². The minimum absolute atomic E-state index is 0.0167. The van der Waals surface area contributed by atoms with Crippen molar-refractivity contribution < 1.29 is 19.0 Å². The maximum Gasteiger partial charge on any atom is 0.259 e. The molecule has 0 spiro atoms. The van der Waals surface area contributed by atoms with Crippen molar-refractivity contribution in [2.75, 3.05) is 26.1 Å². The molecule has 1 N–H and O–H groups in total. The van der Waals surface area contributed by atoms with E-state index in [0.717, 1.165) is 4.47 Å². The van der Waals surface area contributed by atoms with Gasteiger partial charge >= 0.3 is 0 Å². The summed E-state index contributed by atoms with van der Waals surface area (Å²) in [5.74, 6) is 3.38. The van der Waals surface area contributed by atoms with Crippen molar-refractivity contribution in [2.24, 2.45) is 0 Å². The van der Waals surface area contributed by atoms with Crippen LogP contribution in [0.1, 0.15) is 11.7 Å². The number of nitrogens with zero attached hydrogens (tertiary/aromatic N) is 2. The Balaban J connectivity index is 1.92. The van der Waals surface area contributed by atoms with Crippen LogP contribution in [0.2, 0.25) is 0 Å². The maximum atomic E-state index is 13.1. The third kappa shape index (κ3) is 5.40. The zero-order valence-corrected chi connectivity index (χ0v) is 18.5. The Kier molecular flexibility index (Phi) is 7.60. The lowest BCUT2D eigenvalue weighted by molar-refractivity contribution is -0.127. The molecule has 0 aliphatic rings. The normalized spacial score (nSPS) is 11.3. The van der Waals surface area contributed by atoms with E-state index in [1.807, 2.05) is 18.2 Å². The summed E-state index contributed by atoms with van der Waals surface area (Å²) in [7, 11) is 3.11. The molecule has 2 aromatic carbocycles. The molecule has 8 heteroatoms. The van der Waals surface area contributed by atoms with Crippen molar-refractivity contribution in [1.82, 2.24) is 9.97 Å². The molecular formula is C23H20BrN3O4. The number of methoxy groups -OCH3 is 2. The second kappa shape index (κ2) is 10.6. The number of amides is 1. The number of carbonyl (C=O) groups is 1. The van der Waals surface area contributed by atoms with E-state index in [2.05, 4.69) is 37.1 Å². The largest absolute Gasteiger partial charge is 0.493 e. The SMILES string of the molecule is C#CCOC(C(=O)Nc1nccnc1-c1ccc(OC)c(OC)c1)c1ccc(Br)cc1. The molecule has 0 aliphatic carbocycles. The van der Waals surface area contributed by atoms with E-state index in [0.29, 0.717) is 28.3 Å². The van der Waals surface area contributed by atoms with Gasteiger partial charge in [-0.15, -0.1) is 6.42 Å². The van der Waals surface area contributed by atoms with Gasteiger partial charge in [-0.05, 0) is 35.9 Å². The molecule has 1 aromatic heterocycles. The quantitative estimate of drug-likeness (QED) is 0.484. The van der Waals surface area contributed by atoms with Crippen molar-refractivity contribution in [2.45, 2.75) is 6.10 Å². The number of rotatable bonds is 8. The van der Waals surface area contributed by atoms with E-state index in [-0.39, 0.29) is 12.4 Å². The fraction of sp³-hybridized carbons (Fsp3) is 0.174. The number of anilines is 1. The predicted octanol–water partition coefficient (Wildman–Crippen LogP) is 4.25. The van der Waals surface area contributed by atoms with Gasteiger partial charge in [-0.25, -0.2) is 4.98 Å². The van der Waals surface area contributed by atoms with E-state index in [4.69, 9.17) is 20.6 Å². The lowest BCUT2D eigenvalue weighted by Crippen LogP contribution is -2.24. The van der Waals surface area contributed by atoms with Gasteiger partial charge in [0.15, 0.2) is 23.4 Å². The van der Waals surface area contributed by atoms with E-state index >= 15 is 0 Å². The highest BCUT2D eigenvalue weighted by molar-refractivity contribution is 9.10. The first-order chi connectivity index (χ1) is 15.1. The van der Waals surface area contributed by atoms with Crippen LogP contribution >= 0.6 is 15.9 Å². The van der Waals surface area contributed by atoms with Gasteiger partial charge in [-0.1, -0.05) is 34.0 Å². The zero-order valence-electron chi connectivity index (χ0n) is 17.0. The smallest absolute Gasteiger partial charge is 0.259 e. The molecule has 0 radical (unpaired) electrons. The fourth-order valence-electron chi connectivity index (χ4n) is 2.90. The Morgan fingerprint density at radius 3 is 2.48 bits per heavy atom. The second-order valence-electron chi connectivity index (χ2n) is 6.26. The van der Waals surface area contributed by atoms with E-state index < -0.39 is 12.0 Å². The summed E-state index contributed by atoms with van der Waals surface area (Å²) in [6.07, 6.45) is 7.45. The predicted molar refractivity (Wildman–Crippen MR) is 121 cm³/mol. The summed E-state index contributed by atoms with van der Waals surface area (Å²) >= 11 is 3.38. The Labute approximate surface area is 188 Å². The number of aromatic nitrogens is 2. The molecule has 3 aromatic rings. The average Bonchev–Trinajstić information content (AvgIpc) is 2.80. The Bertz CT molecular complexity index is 1100. The van der Waals surface area contributed by atoms with Gasteiger partial charge in [0, 0.05) is 22.4 Å². The summed E-state index contributed by atoms with van der Waals surface area (Å²) in [6, 6.07) is 12.6. The zero-order chi connectivity index (χ0) is 22.2. The first kappa shape index (κ1) is 22.3. The topological polar surface area (TPSA) is 82.6 Å². The van der Waals surface area contributed by atoms with E-state index in [9.17, 15) is 4.79 Å². The summed E-state index contributed by atoms with van der Waals surface area (Å²) in [4.78, 5) is 21.8. The molecule has 0 aliphatic heterocycles. The van der Waals surface area contributed by atoms with Crippen molar-refractivity contribution in [3.05, 3.63) is 64.9 Å². The highest BCUT2D eigenvalue weighted by atomic mass is 79.9. The van der Waals surface area contributed by atoms with Crippen molar-refractivity contribution in [3.63, 3.8) is 0 Å². The van der Waals surface area contributed by atoms with Gasteiger partial charge in [0.05, 0.1) is 14.2 Å². The van der Waals surface area contributed by atoms with Gasteiger partial charge in [-0.2, -0.15) is 0 Å². The molecule has 158 valence electrons. The molecule has 7 nitrogen and oxygen atoms in total. The molecule has 1 unspecified atom stereocenters. The number of hydrogen-bond acceptors (Lipinski definition) is 6. The first-order valence-electron chi connectivity index (χ1n) is 9.22. The number of benzene rings is 2. The third-order valence-corrected chi connectivity index (χ3v) is 4.87. The van der Waals surface area contributed by atoms with Crippen LogP contribution in [0, 0.1) is 12.3 Å².